The standard InChI is InChI=1S/C19H35NO3.C7H9NS/c1-13-7-5-8-14(2)11-15(3)19(23)16(4)17(21)12-18(22)20-10-6-9-13;1-3-4-7-5-9-6(2)8-7/h13-17,21H,5-12H2,1-4H3,(H,20,22);3-5H,1-2H3/b;4-3-. The molecule has 1 aromatic rings. The molecule has 1 aliphatic heterocycles. The summed E-state index contributed by atoms with van der Waals surface area (Å²) in [6, 6.07) is 0. The molecule has 0 saturated carbocycles. The van der Waals surface area contributed by atoms with Gasteiger partial charge >= 0.3 is 0 Å². The predicted octanol–water partition coefficient (Wildman–Crippen LogP) is 5.81. The van der Waals surface area contributed by atoms with Crippen molar-refractivity contribution < 1.29 is 14.7 Å². The number of aromatic nitrogens is 1. The molecule has 5 nitrogen and oxygen atoms in total. The van der Waals surface area contributed by atoms with Gasteiger partial charge in [-0.3, -0.25) is 9.59 Å². The number of aliphatic hydroxyl groups is 1. The molecular formula is C26H44N2O3S. The van der Waals surface area contributed by atoms with Gasteiger partial charge in [0.1, 0.15) is 5.78 Å². The maximum Gasteiger partial charge on any atom is 0.222 e. The van der Waals surface area contributed by atoms with Gasteiger partial charge in [-0.15, -0.1) is 11.3 Å². The van der Waals surface area contributed by atoms with Gasteiger partial charge in [0.15, 0.2) is 0 Å². The van der Waals surface area contributed by atoms with E-state index >= 15 is 0 Å². The Kier molecular flexibility index (Phi) is 13.7. The number of allylic oxidation sites excluding steroid dienone is 1. The summed E-state index contributed by atoms with van der Waals surface area (Å²) in [5, 5.41) is 16.2. The molecule has 1 aliphatic rings. The Bertz CT molecular complexity index is 716. The van der Waals surface area contributed by atoms with Gasteiger partial charge in [0.25, 0.3) is 0 Å². The molecule has 0 radical (unpaired) electrons. The van der Waals surface area contributed by atoms with Crippen LogP contribution in [0.25, 0.3) is 6.08 Å². The Balaban J connectivity index is 0.000000471. The minimum absolute atomic E-state index is 0.0186. The molecule has 2 heterocycles. The molecule has 1 fully saturated rings. The Morgan fingerprint density at radius 1 is 1.09 bits per heavy atom. The van der Waals surface area contributed by atoms with Crippen molar-refractivity contribution in [3.8, 4) is 0 Å². The average molecular weight is 465 g/mol. The van der Waals surface area contributed by atoms with E-state index < -0.39 is 12.0 Å². The molecule has 0 aliphatic carbocycles. The fraction of sp³-hybridized carbons (Fsp3) is 0.731. The molecule has 1 amide bonds. The number of rotatable bonds is 1. The van der Waals surface area contributed by atoms with Crippen molar-refractivity contribution in [2.75, 3.05) is 6.54 Å². The molecule has 6 heteroatoms. The van der Waals surface area contributed by atoms with E-state index in [-0.39, 0.29) is 24.0 Å². The number of Topliss-reactive ketones (excluding diaryl/α,β-unsaturated/α-hetero) is 1. The molecular weight excluding hydrogens is 420 g/mol. The van der Waals surface area contributed by atoms with Gasteiger partial charge in [-0.05, 0) is 51.0 Å². The molecule has 0 bridgehead atoms. The topological polar surface area (TPSA) is 79.3 Å². The van der Waals surface area contributed by atoms with E-state index in [2.05, 4.69) is 29.5 Å². The largest absolute Gasteiger partial charge is 0.392 e. The molecule has 0 aromatic carbocycles. The summed E-state index contributed by atoms with van der Waals surface area (Å²) >= 11 is 1.68. The van der Waals surface area contributed by atoms with Crippen LogP contribution in [0.2, 0.25) is 0 Å². The number of amides is 1. The van der Waals surface area contributed by atoms with E-state index in [9.17, 15) is 14.7 Å². The Morgan fingerprint density at radius 3 is 2.38 bits per heavy atom. The second-order valence-electron chi connectivity index (χ2n) is 9.52. The summed E-state index contributed by atoms with van der Waals surface area (Å²) in [5.74, 6) is 0.604. The molecule has 2 rings (SSSR count). The third-order valence-electron chi connectivity index (χ3n) is 6.23. The summed E-state index contributed by atoms with van der Waals surface area (Å²) in [4.78, 5) is 28.6. The fourth-order valence-corrected chi connectivity index (χ4v) is 4.76. The lowest BCUT2D eigenvalue weighted by Gasteiger charge is -2.23. The van der Waals surface area contributed by atoms with E-state index in [1.807, 2.05) is 32.9 Å². The van der Waals surface area contributed by atoms with Crippen molar-refractivity contribution in [3.63, 3.8) is 0 Å². The van der Waals surface area contributed by atoms with Gasteiger partial charge in [-0.25, -0.2) is 4.98 Å². The number of nitrogens with one attached hydrogen (secondary N) is 1. The van der Waals surface area contributed by atoms with Gasteiger partial charge in [-0.1, -0.05) is 53.0 Å². The van der Waals surface area contributed by atoms with Gasteiger partial charge in [0, 0.05) is 23.8 Å². The van der Waals surface area contributed by atoms with Crippen LogP contribution in [0.3, 0.4) is 0 Å². The van der Waals surface area contributed by atoms with Crippen LogP contribution in [-0.4, -0.2) is 34.4 Å². The molecule has 1 aromatic heterocycles. The van der Waals surface area contributed by atoms with Crippen molar-refractivity contribution in [2.24, 2.45) is 23.7 Å². The van der Waals surface area contributed by atoms with Crippen LogP contribution in [0, 0.1) is 30.6 Å². The highest BCUT2D eigenvalue weighted by atomic mass is 32.1. The van der Waals surface area contributed by atoms with Crippen molar-refractivity contribution in [1.29, 1.82) is 0 Å². The van der Waals surface area contributed by atoms with Crippen LogP contribution >= 0.6 is 11.3 Å². The van der Waals surface area contributed by atoms with Gasteiger partial charge in [0.05, 0.1) is 23.2 Å². The van der Waals surface area contributed by atoms with Crippen LogP contribution in [0.4, 0.5) is 0 Å². The minimum Gasteiger partial charge on any atom is -0.392 e. The first-order chi connectivity index (χ1) is 15.1. The number of carbonyl (C=O) groups excluding carboxylic acids is 2. The van der Waals surface area contributed by atoms with Gasteiger partial charge < -0.3 is 10.4 Å². The summed E-state index contributed by atoms with van der Waals surface area (Å²) in [5.41, 5.74) is 1.07. The number of aryl methyl sites for hydroxylation is 1. The molecule has 2 N–H and O–H groups in total. The number of nitrogens with zero attached hydrogens (tertiary/aromatic N) is 1. The predicted molar refractivity (Wildman–Crippen MR) is 135 cm³/mol. The average Bonchev–Trinajstić information content (AvgIpc) is 3.14. The zero-order valence-corrected chi connectivity index (χ0v) is 21.7. The Hall–Kier alpha value is -1.53. The van der Waals surface area contributed by atoms with Gasteiger partial charge in [-0.2, -0.15) is 0 Å². The number of carbonyl (C=O) groups is 2. The number of thiazole rings is 1. The van der Waals surface area contributed by atoms with Crippen LogP contribution in [0.15, 0.2) is 11.5 Å². The van der Waals surface area contributed by atoms with Crippen LogP contribution in [0.5, 0.6) is 0 Å². The van der Waals surface area contributed by atoms with Crippen molar-refractivity contribution in [2.45, 2.75) is 92.6 Å². The molecule has 32 heavy (non-hydrogen) atoms. The summed E-state index contributed by atoms with van der Waals surface area (Å²) in [6.45, 7) is 12.8. The maximum atomic E-state index is 12.5. The van der Waals surface area contributed by atoms with Crippen LogP contribution < -0.4 is 5.32 Å². The van der Waals surface area contributed by atoms with E-state index in [4.69, 9.17) is 0 Å². The van der Waals surface area contributed by atoms with Gasteiger partial charge in [0.2, 0.25) is 5.91 Å². The fourth-order valence-electron chi connectivity index (χ4n) is 4.18. The highest BCUT2D eigenvalue weighted by molar-refractivity contribution is 7.09. The lowest BCUT2D eigenvalue weighted by Crippen LogP contribution is -2.35. The second kappa shape index (κ2) is 15.3. The lowest BCUT2D eigenvalue weighted by molar-refractivity contribution is -0.131. The van der Waals surface area contributed by atoms with E-state index in [0.29, 0.717) is 18.4 Å². The number of ketones is 1. The normalized spacial score (nSPS) is 29.3. The van der Waals surface area contributed by atoms with Crippen LogP contribution in [0.1, 0.15) is 90.3 Å². The second-order valence-corrected chi connectivity index (χ2v) is 10.6. The number of hydrogen-bond donors (Lipinski definition) is 2. The smallest absolute Gasteiger partial charge is 0.222 e. The zero-order valence-electron chi connectivity index (χ0n) is 20.9. The van der Waals surface area contributed by atoms with Crippen LogP contribution in [-0.2, 0) is 9.59 Å². The van der Waals surface area contributed by atoms with E-state index in [1.54, 1.807) is 18.3 Å². The first kappa shape index (κ1) is 28.5. The molecule has 5 unspecified atom stereocenters. The first-order valence-electron chi connectivity index (χ1n) is 12.2. The Labute approximate surface area is 199 Å². The van der Waals surface area contributed by atoms with E-state index in [0.717, 1.165) is 36.4 Å². The SMILES string of the molecule is C/C=C\c1csc(C)n1.CC1CCCNC(=O)CC(O)C(C)C(=O)C(C)CC(C)CCC1. The molecule has 182 valence electrons. The maximum absolute atomic E-state index is 12.5. The zero-order chi connectivity index (χ0) is 24.1. The quantitative estimate of drug-likeness (QED) is 0.550. The summed E-state index contributed by atoms with van der Waals surface area (Å²) in [6.07, 6.45) is 9.69. The number of hydrogen-bond acceptors (Lipinski definition) is 5. The van der Waals surface area contributed by atoms with Crippen molar-refractivity contribution >= 4 is 29.1 Å². The molecule has 0 spiro atoms. The molecule has 5 atom stereocenters. The Morgan fingerprint density at radius 2 is 1.75 bits per heavy atom. The highest BCUT2D eigenvalue weighted by Crippen LogP contribution is 2.24. The summed E-state index contributed by atoms with van der Waals surface area (Å²) in [7, 11) is 0. The summed E-state index contributed by atoms with van der Waals surface area (Å²) < 4.78 is 0. The molecule has 1 saturated heterocycles. The number of aliphatic hydroxyl groups excluding tert-OH is 1. The third kappa shape index (κ3) is 11.4. The van der Waals surface area contributed by atoms with Crippen molar-refractivity contribution in [1.82, 2.24) is 10.3 Å². The van der Waals surface area contributed by atoms with Crippen molar-refractivity contribution in [3.05, 3.63) is 22.2 Å². The monoisotopic (exact) mass is 464 g/mol. The minimum atomic E-state index is -0.882. The highest BCUT2D eigenvalue weighted by Gasteiger charge is 2.28. The lowest BCUT2D eigenvalue weighted by atomic mass is 9.83. The third-order valence-corrected chi connectivity index (χ3v) is 7.02. The van der Waals surface area contributed by atoms with E-state index in [1.165, 1.54) is 12.8 Å². The first-order valence-corrected chi connectivity index (χ1v) is 13.0.